The number of hydrogen-bond acceptors (Lipinski definition) is 4. The number of nitrogens with one attached hydrogen (secondary N) is 1. The van der Waals surface area contributed by atoms with E-state index < -0.39 is 11.4 Å². The molecule has 0 aliphatic heterocycles. The molecular formula is C24H25BrN2O3. The molecule has 2 unspecified atom stereocenters. The van der Waals surface area contributed by atoms with Crippen LogP contribution in [0.15, 0.2) is 64.2 Å². The molecule has 2 aromatic carbocycles. The summed E-state index contributed by atoms with van der Waals surface area (Å²) in [7, 11) is 0. The fourth-order valence-corrected chi connectivity index (χ4v) is 5.29. The monoisotopic (exact) mass is 468 g/mol. The minimum absolute atomic E-state index is 0.00635. The zero-order valence-corrected chi connectivity index (χ0v) is 19.0. The molecule has 156 valence electrons. The van der Waals surface area contributed by atoms with Gasteiger partial charge in [0.25, 0.3) is 0 Å². The highest BCUT2D eigenvalue weighted by Crippen LogP contribution is 2.71. The van der Waals surface area contributed by atoms with Crippen molar-refractivity contribution in [1.29, 1.82) is 0 Å². The first-order chi connectivity index (χ1) is 14.2. The lowest BCUT2D eigenvalue weighted by Gasteiger charge is -2.39. The molecule has 0 heterocycles. The highest BCUT2D eigenvalue weighted by molar-refractivity contribution is 9.10. The van der Waals surface area contributed by atoms with Crippen molar-refractivity contribution in [1.82, 2.24) is 0 Å². The van der Waals surface area contributed by atoms with Crippen LogP contribution in [0, 0.1) is 16.2 Å². The van der Waals surface area contributed by atoms with Crippen molar-refractivity contribution < 1.29 is 14.4 Å². The van der Waals surface area contributed by atoms with E-state index in [0.717, 1.165) is 28.7 Å². The Bertz CT molecular complexity index is 1020. The van der Waals surface area contributed by atoms with Gasteiger partial charge in [-0.15, -0.1) is 0 Å². The molecule has 30 heavy (non-hydrogen) atoms. The van der Waals surface area contributed by atoms with E-state index in [-0.39, 0.29) is 16.7 Å². The van der Waals surface area contributed by atoms with Gasteiger partial charge in [-0.05, 0) is 54.7 Å². The van der Waals surface area contributed by atoms with Crippen molar-refractivity contribution in [2.75, 3.05) is 5.32 Å². The number of hydrogen-bond donors (Lipinski definition) is 1. The standard InChI is InChI=1S/C24H25BrN2O3/c1-22(2)23(3)13-14-24(22,21(29)26-18-7-5-4-6-8-18)15-19(23)27-30-20(28)16-9-11-17(25)12-10-16/h4-12H,13-15H2,1-3H3,(H,26,29)/b27-19+. The third kappa shape index (κ3) is 3.09. The van der Waals surface area contributed by atoms with Crippen molar-refractivity contribution in [2.45, 2.75) is 40.0 Å². The predicted molar refractivity (Wildman–Crippen MR) is 120 cm³/mol. The number of amides is 1. The first-order valence-corrected chi connectivity index (χ1v) is 10.9. The normalized spacial score (nSPS) is 27.8. The maximum Gasteiger partial charge on any atom is 0.365 e. The van der Waals surface area contributed by atoms with Crippen molar-refractivity contribution in [2.24, 2.45) is 21.4 Å². The molecule has 4 rings (SSSR count). The average molecular weight is 469 g/mol. The molecule has 5 nitrogen and oxygen atoms in total. The van der Waals surface area contributed by atoms with E-state index in [2.05, 4.69) is 47.2 Å². The average Bonchev–Trinajstić information content (AvgIpc) is 3.04. The lowest BCUT2D eigenvalue weighted by Crippen LogP contribution is -2.43. The lowest BCUT2D eigenvalue weighted by atomic mass is 9.64. The number of anilines is 1. The van der Waals surface area contributed by atoms with Gasteiger partial charge in [-0.3, -0.25) is 4.79 Å². The first kappa shape index (κ1) is 20.8. The largest absolute Gasteiger partial charge is 0.365 e. The van der Waals surface area contributed by atoms with Gasteiger partial charge in [0.1, 0.15) is 0 Å². The van der Waals surface area contributed by atoms with Gasteiger partial charge in [-0.2, -0.15) is 0 Å². The van der Waals surface area contributed by atoms with Gasteiger partial charge < -0.3 is 10.2 Å². The quantitative estimate of drug-likeness (QED) is 0.454. The zero-order chi connectivity index (χ0) is 21.6. The van der Waals surface area contributed by atoms with Gasteiger partial charge in [0, 0.05) is 22.0 Å². The summed E-state index contributed by atoms with van der Waals surface area (Å²) in [5.41, 5.74) is 0.802. The summed E-state index contributed by atoms with van der Waals surface area (Å²) in [5, 5.41) is 7.37. The number of oxime groups is 1. The van der Waals surface area contributed by atoms with Crippen LogP contribution in [0.4, 0.5) is 5.69 Å². The summed E-state index contributed by atoms with van der Waals surface area (Å²) in [6.07, 6.45) is 2.11. The van der Waals surface area contributed by atoms with Gasteiger partial charge in [-0.25, -0.2) is 4.79 Å². The molecule has 2 fully saturated rings. The van der Waals surface area contributed by atoms with Gasteiger partial charge in [0.15, 0.2) is 0 Å². The maximum absolute atomic E-state index is 13.4. The number of rotatable bonds is 4. The van der Waals surface area contributed by atoms with E-state index in [1.54, 1.807) is 24.3 Å². The minimum atomic E-state index is -0.583. The van der Waals surface area contributed by atoms with E-state index in [1.165, 1.54) is 0 Å². The Morgan fingerprint density at radius 1 is 1.00 bits per heavy atom. The summed E-state index contributed by atoms with van der Waals surface area (Å²) in [4.78, 5) is 31.1. The number of benzene rings is 2. The fourth-order valence-electron chi connectivity index (χ4n) is 5.03. The zero-order valence-electron chi connectivity index (χ0n) is 17.4. The van der Waals surface area contributed by atoms with Gasteiger partial charge in [0.05, 0.1) is 16.7 Å². The summed E-state index contributed by atoms with van der Waals surface area (Å²) < 4.78 is 0.888. The van der Waals surface area contributed by atoms with Crippen LogP contribution in [-0.2, 0) is 9.63 Å². The van der Waals surface area contributed by atoms with Crippen LogP contribution in [0.2, 0.25) is 0 Å². The minimum Gasteiger partial charge on any atom is -0.326 e. The highest BCUT2D eigenvalue weighted by atomic mass is 79.9. The molecule has 2 aliphatic rings. The Hall–Kier alpha value is -2.47. The second-order valence-electron chi connectivity index (χ2n) is 8.96. The van der Waals surface area contributed by atoms with Crippen molar-refractivity contribution in [3.05, 3.63) is 64.6 Å². The molecule has 2 bridgehead atoms. The number of fused-ring (bicyclic) bond motifs is 2. The highest BCUT2D eigenvalue weighted by Gasteiger charge is 2.71. The Morgan fingerprint density at radius 3 is 2.33 bits per heavy atom. The van der Waals surface area contributed by atoms with Crippen LogP contribution in [0.1, 0.15) is 50.4 Å². The molecule has 0 saturated heterocycles. The molecule has 0 radical (unpaired) electrons. The van der Waals surface area contributed by atoms with Gasteiger partial charge in [-0.1, -0.05) is 60.1 Å². The summed E-state index contributed by atoms with van der Waals surface area (Å²) >= 11 is 3.35. The van der Waals surface area contributed by atoms with Crippen LogP contribution in [-0.4, -0.2) is 17.6 Å². The number of carbonyl (C=O) groups is 2. The van der Waals surface area contributed by atoms with E-state index >= 15 is 0 Å². The molecule has 2 atom stereocenters. The Kier molecular flexibility index (Phi) is 5.09. The topological polar surface area (TPSA) is 67.8 Å². The second-order valence-corrected chi connectivity index (χ2v) is 9.88. The van der Waals surface area contributed by atoms with E-state index in [1.807, 2.05) is 30.3 Å². The number of halogens is 1. The molecule has 2 saturated carbocycles. The second kappa shape index (κ2) is 7.34. The predicted octanol–water partition coefficient (Wildman–Crippen LogP) is 5.82. The van der Waals surface area contributed by atoms with Crippen LogP contribution in [0.5, 0.6) is 0 Å². The summed E-state index contributed by atoms with van der Waals surface area (Å²) in [6.45, 7) is 6.39. The van der Waals surface area contributed by atoms with E-state index in [0.29, 0.717) is 12.0 Å². The third-order valence-corrected chi connectivity index (χ3v) is 8.05. The third-order valence-electron chi connectivity index (χ3n) is 7.52. The van der Waals surface area contributed by atoms with Crippen LogP contribution < -0.4 is 5.32 Å². The number of para-hydroxylation sites is 1. The SMILES string of the molecule is CC12CCC(C(=O)Nc3ccccc3)(C/C1=N\OC(=O)c1ccc(Br)cc1)C2(C)C. The summed E-state index contributed by atoms with van der Waals surface area (Å²) in [5.74, 6) is -0.492. The molecular weight excluding hydrogens is 444 g/mol. The van der Waals surface area contributed by atoms with Gasteiger partial charge >= 0.3 is 5.97 Å². The number of carbonyl (C=O) groups excluding carboxylic acids is 2. The van der Waals surface area contributed by atoms with Crippen molar-refractivity contribution in [3.63, 3.8) is 0 Å². The summed E-state index contributed by atoms with van der Waals surface area (Å²) in [6, 6.07) is 16.5. The van der Waals surface area contributed by atoms with E-state index in [4.69, 9.17) is 4.84 Å². The van der Waals surface area contributed by atoms with Crippen LogP contribution in [0.25, 0.3) is 0 Å². The Labute approximate surface area is 185 Å². The Morgan fingerprint density at radius 2 is 1.67 bits per heavy atom. The molecule has 2 aromatic rings. The molecule has 6 heteroatoms. The molecule has 1 N–H and O–H groups in total. The van der Waals surface area contributed by atoms with Gasteiger partial charge in [0.2, 0.25) is 5.91 Å². The smallest absolute Gasteiger partial charge is 0.326 e. The van der Waals surface area contributed by atoms with E-state index in [9.17, 15) is 9.59 Å². The first-order valence-electron chi connectivity index (χ1n) is 10.1. The molecule has 1 amide bonds. The number of nitrogens with zero attached hydrogens (tertiary/aromatic N) is 1. The van der Waals surface area contributed by atoms with Crippen molar-refractivity contribution in [3.8, 4) is 0 Å². The fraction of sp³-hybridized carbons (Fsp3) is 0.375. The Balaban J connectivity index is 1.58. The molecule has 0 aromatic heterocycles. The van der Waals surface area contributed by atoms with Crippen molar-refractivity contribution >= 4 is 39.2 Å². The van der Waals surface area contributed by atoms with Crippen LogP contribution in [0.3, 0.4) is 0 Å². The maximum atomic E-state index is 13.4. The van der Waals surface area contributed by atoms with Crippen LogP contribution >= 0.6 is 15.9 Å². The molecule has 0 spiro atoms. The molecule has 2 aliphatic carbocycles. The lowest BCUT2D eigenvalue weighted by molar-refractivity contribution is -0.130.